The summed E-state index contributed by atoms with van der Waals surface area (Å²) >= 11 is 0. The fraction of sp³-hybridized carbons (Fsp3) is 0.167. The van der Waals surface area contributed by atoms with E-state index in [2.05, 4.69) is 30.6 Å². The average molecular weight is 794 g/mol. The van der Waals surface area contributed by atoms with Gasteiger partial charge in [0.15, 0.2) is 0 Å². The van der Waals surface area contributed by atoms with Gasteiger partial charge in [-0.05, 0) is 84.3 Å². The van der Waals surface area contributed by atoms with Crippen molar-refractivity contribution < 1.29 is 14.3 Å². The van der Waals surface area contributed by atoms with Crippen molar-refractivity contribution in [2.24, 2.45) is 0 Å². The van der Waals surface area contributed by atoms with Gasteiger partial charge in [0.2, 0.25) is 5.78 Å². The number of Topliss-reactive ketones (excluding diaryl/α,β-unsaturated/α-hetero) is 1. The number of hydrogen-bond donors (Lipinski definition) is 4. The Kier molecular flexibility index (Phi) is 11.6. The molecule has 12 heteroatoms. The number of anilines is 4. The number of nitrogen functional groups attached to an aromatic ring is 2. The van der Waals surface area contributed by atoms with Gasteiger partial charge in [-0.3, -0.25) is 4.79 Å². The van der Waals surface area contributed by atoms with E-state index in [1.54, 1.807) is 25.1 Å². The lowest BCUT2D eigenvalue weighted by molar-refractivity contribution is 0.103. The van der Waals surface area contributed by atoms with E-state index in [9.17, 15) is 10.1 Å². The van der Waals surface area contributed by atoms with Gasteiger partial charge in [0.25, 0.3) is 0 Å². The highest BCUT2D eigenvalue weighted by atomic mass is 16.5. The van der Waals surface area contributed by atoms with Gasteiger partial charge in [0.1, 0.15) is 65.0 Å². The normalized spacial score (nSPS) is 13.0. The zero-order chi connectivity index (χ0) is 41.4. The zero-order valence-corrected chi connectivity index (χ0v) is 33.1. The topological polar surface area (TPSA) is 187 Å². The number of benzene rings is 5. The molecule has 1 aliphatic carbocycles. The molecular weight excluding hydrogens is 751 g/mol. The fourth-order valence-electron chi connectivity index (χ4n) is 7.54. The Bertz CT molecular complexity index is 2730. The number of nitriles is 1. The zero-order valence-electron chi connectivity index (χ0n) is 33.1. The van der Waals surface area contributed by atoms with Crippen molar-refractivity contribution in [3.05, 3.63) is 145 Å². The number of carbonyl (C=O) groups is 1. The average Bonchev–Trinajstić information content (AvgIpc) is 3.27. The van der Waals surface area contributed by atoms with E-state index in [-0.39, 0.29) is 11.4 Å². The van der Waals surface area contributed by atoms with Crippen LogP contribution in [0.1, 0.15) is 54.9 Å². The molecule has 0 spiro atoms. The number of ether oxygens (including phenoxy) is 2. The Balaban J connectivity index is 0.995. The summed E-state index contributed by atoms with van der Waals surface area (Å²) in [5.74, 6) is 4.21. The molecule has 2 aromatic heterocycles. The predicted molar refractivity (Wildman–Crippen MR) is 236 cm³/mol. The molecule has 0 atom stereocenters. The van der Waals surface area contributed by atoms with Crippen LogP contribution in [0, 0.1) is 11.3 Å². The Hall–Kier alpha value is -7.78. The Morgan fingerprint density at radius 3 is 1.90 bits per heavy atom. The summed E-state index contributed by atoms with van der Waals surface area (Å²) in [6.07, 6.45) is 10.3. The lowest BCUT2D eigenvalue weighted by Gasteiger charge is -2.24. The van der Waals surface area contributed by atoms with Crippen LogP contribution in [0.15, 0.2) is 133 Å². The SMILES string of the molecule is C/C=C(\C#N)C(=O)c1cccc(CNc2ncnc(N)c2-c2ccc(Oc3cccc4cccc(Oc5ccc(-c6c(N)ncnc6NC6CCCCC6)cc5)c34)cc2)c1. The minimum atomic E-state index is -0.323. The predicted octanol–water partition coefficient (Wildman–Crippen LogP) is 10.5. The molecule has 0 amide bonds. The largest absolute Gasteiger partial charge is 0.457 e. The maximum atomic E-state index is 12.8. The maximum Gasteiger partial charge on any atom is 0.203 e. The van der Waals surface area contributed by atoms with E-state index in [0.29, 0.717) is 64.2 Å². The molecule has 8 rings (SSSR count). The number of nitrogens with two attached hydrogens (primary N) is 2. The number of aromatic nitrogens is 4. The number of hydrogen-bond acceptors (Lipinski definition) is 12. The first-order valence-electron chi connectivity index (χ1n) is 19.9. The number of nitrogens with one attached hydrogen (secondary N) is 2. The van der Waals surface area contributed by atoms with E-state index in [1.165, 1.54) is 38.0 Å². The molecule has 12 nitrogen and oxygen atoms in total. The Morgan fingerprint density at radius 1 is 0.750 bits per heavy atom. The van der Waals surface area contributed by atoms with Crippen molar-refractivity contribution in [2.45, 2.75) is 51.6 Å². The Morgan fingerprint density at radius 2 is 1.32 bits per heavy atom. The molecule has 5 aromatic carbocycles. The second-order valence-corrected chi connectivity index (χ2v) is 14.5. The third-order valence-electron chi connectivity index (χ3n) is 10.6. The molecule has 0 radical (unpaired) electrons. The summed E-state index contributed by atoms with van der Waals surface area (Å²) in [4.78, 5) is 30.3. The van der Waals surface area contributed by atoms with Crippen molar-refractivity contribution >= 4 is 39.8 Å². The number of fused-ring (bicyclic) bond motifs is 1. The lowest BCUT2D eigenvalue weighted by atomic mass is 9.95. The van der Waals surface area contributed by atoms with E-state index in [4.69, 9.17) is 20.9 Å². The molecule has 0 aliphatic heterocycles. The molecule has 298 valence electrons. The minimum Gasteiger partial charge on any atom is -0.457 e. The number of nitrogens with zero attached hydrogens (tertiary/aromatic N) is 5. The second kappa shape index (κ2) is 17.8. The van der Waals surface area contributed by atoms with Gasteiger partial charge < -0.3 is 31.6 Å². The van der Waals surface area contributed by atoms with Crippen molar-refractivity contribution in [3.8, 4) is 51.3 Å². The van der Waals surface area contributed by atoms with Crippen LogP contribution >= 0.6 is 0 Å². The molecule has 6 N–H and O–H groups in total. The third kappa shape index (κ3) is 8.56. The summed E-state index contributed by atoms with van der Waals surface area (Å²) < 4.78 is 13.0. The number of ketones is 1. The highest BCUT2D eigenvalue weighted by molar-refractivity contribution is 6.11. The lowest BCUT2D eigenvalue weighted by Crippen LogP contribution is -2.23. The molecule has 1 fully saturated rings. The minimum absolute atomic E-state index is 0.0941. The molecule has 0 unspecified atom stereocenters. The standard InChI is InChI=1S/C48H43N9O3/c1-2-31(26-49)44(58)35-12-6-9-30(25-35)27-52-47-42(45(50)53-28-55-47)33-17-21-37(22-18-33)59-39-15-7-10-32-11-8-16-40(41(32)39)60-38-23-19-34(20-24-38)43-46(51)54-29-56-48(43)57-36-13-4-3-5-14-36/h2,6-12,15-25,28-29,36H,3-5,13-14,27H2,1H3,(H3,50,52,53,55)(H3,51,54,56,57)/b31-2+. The van der Waals surface area contributed by atoms with Crippen LogP contribution in [0.2, 0.25) is 0 Å². The summed E-state index contributed by atoms with van der Waals surface area (Å²) in [6.45, 7) is 2.03. The van der Waals surface area contributed by atoms with Gasteiger partial charge in [-0.15, -0.1) is 0 Å². The summed E-state index contributed by atoms with van der Waals surface area (Å²) in [6, 6.07) is 36.6. The highest BCUT2D eigenvalue weighted by Gasteiger charge is 2.19. The van der Waals surface area contributed by atoms with Crippen LogP contribution in [0.3, 0.4) is 0 Å². The number of allylic oxidation sites excluding steroid dienone is 2. The molecule has 7 aromatic rings. The first kappa shape index (κ1) is 39.1. The molecule has 60 heavy (non-hydrogen) atoms. The van der Waals surface area contributed by atoms with Gasteiger partial charge in [0.05, 0.1) is 22.1 Å². The summed E-state index contributed by atoms with van der Waals surface area (Å²) in [7, 11) is 0. The van der Waals surface area contributed by atoms with Crippen LogP contribution in [-0.2, 0) is 6.54 Å². The van der Waals surface area contributed by atoms with Gasteiger partial charge in [-0.25, -0.2) is 19.9 Å². The van der Waals surface area contributed by atoms with E-state index in [1.807, 2.05) is 97.1 Å². The van der Waals surface area contributed by atoms with Gasteiger partial charge in [-0.2, -0.15) is 5.26 Å². The second-order valence-electron chi connectivity index (χ2n) is 14.5. The maximum absolute atomic E-state index is 12.8. The number of rotatable bonds is 13. The van der Waals surface area contributed by atoms with Crippen LogP contribution in [0.4, 0.5) is 23.3 Å². The first-order valence-corrected chi connectivity index (χ1v) is 19.9. The Labute approximate surface area is 348 Å². The van der Waals surface area contributed by atoms with Crippen molar-refractivity contribution in [3.63, 3.8) is 0 Å². The van der Waals surface area contributed by atoms with E-state index >= 15 is 0 Å². The van der Waals surface area contributed by atoms with Crippen molar-refractivity contribution in [2.75, 3.05) is 22.1 Å². The van der Waals surface area contributed by atoms with Crippen LogP contribution in [-0.4, -0.2) is 31.8 Å². The molecular formula is C48H43N9O3. The smallest absolute Gasteiger partial charge is 0.203 e. The van der Waals surface area contributed by atoms with Crippen LogP contribution in [0.25, 0.3) is 33.0 Å². The molecule has 0 saturated heterocycles. The first-order chi connectivity index (χ1) is 29.4. The van der Waals surface area contributed by atoms with Gasteiger partial charge in [0, 0.05) is 18.2 Å². The number of carbonyl (C=O) groups excluding carboxylic acids is 1. The summed E-state index contributed by atoms with van der Waals surface area (Å²) in [5, 5.41) is 18.1. The van der Waals surface area contributed by atoms with Gasteiger partial charge >= 0.3 is 0 Å². The quantitative estimate of drug-likeness (QED) is 0.0492. The fourth-order valence-corrected chi connectivity index (χ4v) is 7.54. The third-order valence-corrected chi connectivity index (χ3v) is 10.6. The van der Waals surface area contributed by atoms with Crippen LogP contribution in [0.5, 0.6) is 23.0 Å². The molecule has 1 aliphatic rings. The molecule has 0 bridgehead atoms. The monoisotopic (exact) mass is 793 g/mol. The molecule has 2 heterocycles. The van der Waals surface area contributed by atoms with Crippen LogP contribution < -0.4 is 31.6 Å². The highest BCUT2D eigenvalue weighted by Crippen LogP contribution is 2.41. The van der Waals surface area contributed by atoms with Gasteiger partial charge in [-0.1, -0.05) is 92.1 Å². The van der Waals surface area contributed by atoms with Crippen molar-refractivity contribution in [1.29, 1.82) is 5.26 Å². The van der Waals surface area contributed by atoms with E-state index < -0.39 is 0 Å². The summed E-state index contributed by atoms with van der Waals surface area (Å²) in [5.41, 5.74) is 17.3. The van der Waals surface area contributed by atoms with E-state index in [0.717, 1.165) is 51.7 Å². The van der Waals surface area contributed by atoms with Crippen molar-refractivity contribution in [1.82, 2.24) is 19.9 Å². The molecule has 1 saturated carbocycles.